The summed E-state index contributed by atoms with van der Waals surface area (Å²) in [5, 5.41) is 3.44. The van der Waals surface area contributed by atoms with E-state index in [9.17, 15) is 4.79 Å². The topological polar surface area (TPSA) is 54.5 Å². The molecule has 0 radical (unpaired) electrons. The molecule has 2 atom stereocenters. The lowest BCUT2D eigenvalue weighted by atomic mass is 10.1. The van der Waals surface area contributed by atoms with Crippen LogP contribution in [0.15, 0.2) is 42.6 Å². The first-order chi connectivity index (χ1) is 12.0. The monoisotopic (exact) mass is 359 g/mol. The molecule has 0 aliphatic carbocycles. The van der Waals surface area contributed by atoms with Gasteiger partial charge in [0.25, 0.3) is 5.91 Å². The number of pyridine rings is 1. The van der Waals surface area contributed by atoms with Gasteiger partial charge in [0.2, 0.25) is 0 Å². The minimum absolute atomic E-state index is 0.209. The number of anilines is 1. The van der Waals surface area contributed by atoms with Crippen LogP contribution in [0.1, 0.15) is 29.9 Å². The number of carbonyl (C=O) groups is 1. The molecule has 1 N–H and O–H groups in total. The van der Waals surface area contributed by atoms with E-state index in [2.05, 4.69) is 29.0 Å². The molecule has 0 spiro atoms. The number of aromatic nitrogens is 1. The number of benzene rings is 1. The minimum Gasteiger partial charge on any atom is -0.373 e. The summed E-state index contributed by atoms with van der Waals surface area (Å²) in [6.07, 6.45) is 1.95. The Morgan fingerprint density at radius 2 is 2.00 bits per heavy atom. The van der Waals surface area contributed by atoms with E-state index in [1.807, 2.05) is 24.3 Å². The van der Waals surface area contributed by atoms with E-state index in [4.69, 9.17) is 16.3 Å². The Bertz CT molecular complexity index is 743. The standard InChI is InChI=1S/C19H22ClN3O2/c1-13-10-23(11-14(2)25-13)12-15-5-3-4-6-17(15)22-19(24)18-9-16(20)7-8-21-18/h3-9,13-14H,10-12H2,1-2H3,(H,22,24). The van der Waals surface area contributed by atoms with Gasteiger partial charge in [-0.15, -0.1) is 0 Å². The molecule has 132 valence electrons. The predicted molar refractivity (Wildman–Crippen MR) is 98.9 cm³/mol. The fourth-order valence-electron chi connectivity index (χ4n) is 3.15. The predicted octanol–water partition coefficient (Wildman–Crippen LogP) is 3.60. The zero-order valence-corrected chi connectivity index (χ0v) is 15.2. The molecule has 1 aliphatic rings. The maximum absolute atomic E-state index is 12.4. The molecule has 2 aromatic rings. The van der Waals surface area contributed by atoms with Crippen molar-refractivity contribution >= 4 is 23.2 Å². The van der Waals surface area contributed by atoms with Crippen molar-refractivity contribution in [3.63, 3.8) is 0 Å². The highest BCUT2D eigenvalue weighted by atomic mass is 35.5. The highest BCUT2D eigenvalue weighted by molar-refractivity contribution is 6.30. The first-order valence-electron chi connectivity index (χ1n) is 8.40. The maximum Gasteiger partial charge on any atom is 0.274 e. The highest BCUT2D eigenvalue weighted by Crippen LogP contribution is 2.21. The van der Waals surface area contributed by atoms with Crippen LogP contribution in [-0.2, 0) is 11.3 Å². The van der Waals surface area contributed by atoms with Crippen molar-refractivity contribution in [3.05, 3.63) is 58.9 Å². The Labute approximate surface area is 153 Å². The largest absolute Gasteiger partial charge is 0.373 e. The number of para-hydroxylation sites is 1. The van der Waals surface area contributed by atoms with Crippen LogP contribution in [0.3, 0.4) is 0 Å². The molecular weight excluding hydrogens is 338 g/mol. The van der Waals surface area contributed by atoms with Crippen molar-refractivity contribution in [2.75, 3.05) is 18.4 Å². The summed E-state index contributed by atoms with van der Waals surface area (Å²) < 4.78 is 5.79. The number of amides is 1. The van der Waals surface area contributed by atoms with Gasteiger partial charge in [-0.2, -0.15) is 0 Å². The van der Waals surface area contributed by atoms with Crippen molar-refractivity contribution in [1.82, 2.24) is 9.88 Å². The van der Waals surface area contributed by atoms with Crippen LogP contribution in [0.25, 0.3) is 0 Å². The van der Waals surface area contributed by atoms with E-state index in [1.54, 1.807) is 12.1 Å². The Kier molecular flexibility index (Phi) is 5.68. The molecule has 1 aromatic carbocycles. The summed E-state index contributed by atoms with van der Waals surface area (Å²) in [6, 6.07) is 11.0. The second-order valence-corrected chi connectivity index (χ2v) is 6.86. The fourth-order valence-corrected chi connectivity index (χ4v) is 3.31. The number of hydrogen-bond acceptors (Lipinski definition) is 4. The smallest absolute Gasteiger partial charge is 0.274 e. The zero-order chi connectivity index (χ0) is 17.8. The van der Waals surface area contributed by atoms with Crippen LogP contribution in [0, 0.1) is 0 Å². The summed E-state index contributed by atoms with van der Waals surface area (Å²) in [5.74, 6) is -0.265. The third-order valence-corrected chi connectivity index (χ3v) is 4.34. The van der Waals surface area contributed by atoms with Gasteiger partial charge in [-0.3, -0.25) is 14.7 Å². The molecule has 25 heavy (non-hydrogen) atoms. The van der Waals surface area contributed by atoms with Gasteiger partial charge in [-0.1, -0.05) is 29.8 Å². The van der Waals surface area contributed by atoms with Crippen molar-refractivity contribution in [1.29, 1.82) is 0 Å². The van der Waals surface area contributed by atoms with Crippen molar-refractivity contribution in [2.45, 2.75) is 32.6 Å². The molecule has 1 saturated heterocycles. The van der Waals surface area contributed by atoms with E-state index in [-0.39, 0.29) is 18.1 Å². The normalized spacial score (nSPS) is 21.1. The highest BCUT2D eigenvalue weighted by Gasteiger charge is 2.23. The molecule has 3 rings (SSSR count). The first kappa shape index (κ1) is 17.9. The third kappa shape index (κ3) is 4.78. The van der Waals surface area contributed by atoms with Gasteiger partial charge in [-0.05, 0) is 37.6 Å². The molecule has 1 aromatic heterocycles. The molecule has 2 heterocycles. The Balaban J connectivity index is 1.73. The number of nitrogens with one attached hydrogen (secondary N) is 1. The van der Waals surface area contributed by atoms with Gasteiger partial charge in [0.1, 0.15) is 5.69 Å². The Hall–Kier alpha value is -1.95. The number of morpholine rings is 1. The number of carbonyl (C=O) groups excluding carboxylic acids is 1. The molecule has 5 nitrogen and oxygen atoms in total. The SMILES string of the molecule is CC1CN(Cc2ccccc2NC(=O)c2cc(Cl)ccn2)CC(C)O1. The molecular formula is C19H22ClN3O2. The van der Waals surface area contributed by atoms with E-state index in [0.717, 1.165) is 30.9 Å². The quantitative estimate of drug-likeness (QED) is 0.906. The van der Waals surface area contributed by atoms with Crippen LogP contribution in [-0.4, -0.2) is 41.1 Å². The maximum atomic E-state index is 12.4. The number of nitrogens with zero attached hydrogens (tertiary/aromatic N) is 2. The number of rotatable bonds is 4. The van der Waals surface area contributed by atoms with Crippen molar-refractivity contribution in [3.8, 4) is 0 Å². The fraction of sp³-hybridized carbons (Fsp3) is 0.368. The Morgan fingerprint density at radius 1 is 1.28 bits per heavy atom. The molecule has 0 bridgehead atoms. The van der Waals surface area contributed by atoms with Crippen molar-refractivity contribution in [2.24, 2.45) is 0 Å². The van der Waals surface area contributed by atoms with Crippen LogP contribution < -0.4 is 5.32 Å². The summed E-state index contributed by atoms with van der Waals surface area (Å²) in [7, 11) is 0. The Morgan fingerprint density at radius 3 is 2.72 bits per heavy atom. The van der Waals surface area contributed by atoms with Gasteiger partial charge >= 0.3 is 0 Å². The van der Waals surface area contributed by atoms with Gasteiger partial charge in [0.05, 0.1) is 12.2 Å². The lowest BCUT2D eigenvalue weighted by Gasteiger charge is -2.35. The van der Waals surface area contributed by atoms with Crippen LogP contribution in [0.5, 0.6) is 0 Å². The van der Waals surface area contributed by atoms with Crippen LogP contribution in [0.4, 0.5) is 5.69 Å². The zero-order valence-electron chi connectivity index (χ0n) is 14.4. The third-order valence-electron chi connectivity index (χ3n) is 4.11. The van der Waals surface area contributed by atoms with Crippen LogP contribution >= 0.6 is 11.6 Å². The number of halogens is 1. The molecule has 0 saturated carbocycles. The lowest BCUT2D eigenvalue weighted by Crippen LogP contribution is -2.44. The van der Waals surface area contributed by atoms with Gasteiger partial charge in [0.15, 0.2) is 0 Å². The second kappa shape index (κ2) is 7.95. The molecule has 6 heteroatoms. The van der Waals surface area contributed by atoms with E-state index in [0.29, 0.717) is 10.7 Å². The number of hydrogen-bond donors (Lipinski definition) is 1. The number of ether oxygens (including phenoxy) is 1. The van der Waals surface area contributed by atoms with Gasteiger partial charge < -0.3 is 10.1 Å². The summed E-state index contributed by atoms with van der Waals surface area (Å²) >= 11 is 5.94. The summed E-state index contributed by atoms with van der Waals surface area (Å²) in [5.41, 5.74) is 2.16. The van der Waals surface area contributed by atoms with Crippen LogP contribution in [0.2, 0.25) is 5.02 Å². The molecule has 1 fully saturated rings. The first-order valence-corrected chi connectivity index (χ1v) is 8.77. The van der Waals surface area contributed by atoms with Gasteiger partial charge in [-0.25, -0.2) is 0 Å². The molecule has 2 unspecified atom stereocenters. The average Bonchev–Trinajstić information content (AvgIpc) is 2.55. The minimum atomic E-state index is -0.265. The second-order valence-electron chi connectivity index (χ2n) is 6.42. The summed E-state index contributed by atoms with van der Waals surface area (Å²) in [6.45, 7) is 6.69. The van der Waals surface area contributed by atoms with Crippen molar-refractivity contribution < 1.29 is 9.53 Å². The van der Waals surface area contributed by atoms with Gasteiger partial charge in [0, 0.05) is 36.5 Å². The molecule has 1 aliphatic heterocycles. The van der Waals surface area contributed by atoms with E-state index < -0.39 is 0 Å². The lowest BCUT2D eigenvalue weighted by molar-refractivity contribution is -0.0704. The molecule has 1 amide bonds. The van der Waals surface area contributed by atoms with E-state index in [1.165, 1.54) is 6.20 Å². The average molecular weight is 360 g/mol. The summed E-state index contributed by atoms with van der Waals surface area (Å²) in [4.78, 5) is 18.9. The van der Waals surface area contributed by atoms with E-state index >= 15 is 0 Å².